The quantitative estimate of drug-likeness (QED) is 0.853. The molecule has 0 heterocycles. The molecular formula is C16H18FN. The first kappa shape index (κ1) is 12.8. The molecule has 0 saturated carbocycles. The Kier molecular flexibility index (Phi) is 3.48. The van der Waals surface area contributed by atoms with Crippen LogP contribution in [0.5, 0.6) is 0 Å². The summed E-state index contributed by atoms with van der Waals surface area (Å²) in [7, 11) is 0. The van der Waals surface area contributed by atoms with Crippen molar-refractivity contribution in [1.82, 2.24) is 0 Å². The van der Waals surface area contributed by atoms with Crippen molar-refractivity contribution in [2.75, 3.05) is 0 Å². The van der Waals surface area contributed by atoms with Gasteiger partial charge < -0.3 is 5.73 Å². The molecule has 0 aliphatic rings. The van der Waals surface area contributed by atoms with Gasteiger partial charge in [0.05, 0.1) is 6.04 Å². The zero-order valence-corrected chi connectivity index (χ0v) is 11.0. The Hall–Kier alpha value is -1.67. The molecular weight excluding hydrogens is 225 g/mol. The van der Waals surface area contributed by atoms with Gasteiger partial charge in [-0.3, -0.25) is 0 Å². The van der Waals surface area contributed by atoms with E-state index in [2.05, 4.69) is 6.07 Å². The van der Waals surface area contributed by atoms with Gasteiger partial charge in [0.25, 0.3) is 0 Å². The van der Waals surface area contributed by atoms with Crippen LogP contribution < -0.4 is 5.73 Å². The van der Waals surface area contributed by atoms with Crippen molar-refractivity contribution in [1.29, 1.82) is 0 Å². The second-order valence-electron chi connectivity index (χ2n) is 4.86. The van der Waals surface area contributed by atoms with Gasteiger partial charge in [-0.05, 0) is 38.0 Å². The average molecular weight is 243 g/mol. The normalized spacial score (nSPS) is 12.5. The fraction of sp³-hybridized carbons (Fsp3) is 0.250. The van der Waals surface area contributed by atoms with Gasteiger partial charge in [-0.25, -0.2) is 4.39 Å². The van der Waals surface area contributed by atoms with E-state index in [1.165, 1.54) is 11.6 Å². The van der Waals surface area contributed by atoms with E-state index in [1.807, 2.05) is 39.0 Å². The molecule has 2 rings (SSSR count). The second-order valence-corrected chi connectivity index (χ2v) is 4.86. The molecule has 2 aromatic rings. The van der Waals surface area contributed by atoms with Gasteiger partial charge in [-0.2, -0.15) is 0 Å². The summed E-state index contributed by atoms with van der Waals surface area (Å²) in [6.07, 6.45) is 0. The topological polar surface area (TPSA) is 26.0 Å². The molecule has 1 atom stereocenters. The minimum absolute atomic E-state index is 0.243. The average Bonchev–Trinajstić information content (AvgIpc) is 2.31. The molecule has 94 valence electrons. The van der Waals surface area contributed by atoms with E-state index >= 15 is 0 Å². The lowest BCUT2D eigenvalue weighted by Crippen LogP contribution is -2.15. The molecule has 0 radical (unpaired) electrons. The highest BCUT2D eigenvalue weighted by atomic mass is 19.1. The van der Waals surface area contributed by atoms with Gasteiger partial charge in [0.15, 0.2) is 0 Å². The van der Waals surface area contributed by atoms with Gasteiger partial charge in [0, 0.05) is 5.56 Å². The summed E-state index contributed by atoms with van der Waals surface area (Å²) in [5.41, 5.74) is 11.0. The lowest BCUT2D eigenvalue weighted by molar-refractivity contribution is 0.598. The number of benzene rings is 2. The summed E-state index contributed by atoms with van der Waals surface area (Å²) in [5.74, 6) is -0.243. The maximum atomic E-state index is 13.8. The Balaban J connectivity index is 2.47. The van der Waals surface area contributed by atoms with Gasteiger partial charge in [0.2, 0.25) is 0 Å². The summed E-state index contributed by atoms with van der Waals surface area (Å²) in [5, 5.41) is 0. The Morgan fingerprint density at radius 1 is 0.889 bits per heavy atom. The molecule has 2 aromatic carbocycles. The van der Waals surface area contributed by atoms with Crippen molar-refractivity contribution in [3.63, 3.8) is 0 Å². The Morgan fingerprint density at radius 2 is 1.50 bits per heavy atom. The molecule has 0 fully saturated rings. The third kappa shape index (κ3) is 2.44. The highest BCUT2D eigenvalue weighted by molar-refractivity contribution is 5.40. The number of nitrogens with two attached hydrogens (primary N) is 1. The maximum Gasteiger partial charge on any atom is 0.128 e. The van der Waals surface area contributed by atoms with Crippen LogP contribution in [0.2, 0.25) is 0 Å². The highest BCUT2D eigenvalue weighted by Crippen LogP contribution is 2.26. The van der Waals surface area contributed by atoms with Gasteiger partial charge in [-0.15, -0.1) is 0 Å². The van der Waals surface area contributed by atoms with Crippen molar-refractivity contribution >= 4 is 0 Å². The molecule has 0 aliphatic carbocycles. The molecule has 1 nitrogen and oxygen atoms in total. The predicted molar refractivity (Wildman–Crippen MR) is 73.1 cm³/mol. The van der Waals surface area contributed by atoms with Crippen molar-refractivity contribution in [2.45, 2.75) is 26.8 Å². The van der Waals surface area contributed by atoms with E-state index in [9.17, 15) is 4.39 Å². The van der Waals surface area contributed by atoms with Crippen molar-refractivity contribution in [2.24, 2.45) is 5.73 Å². The maximum absolute atomic E-state index is 13.8. The first-order chi connectivity index (χ1) is 8.49. The Labute approximate surface area is 107 Å². The van der Waals surface area contributed by atoms with Gasteiger partial charge >= 0.3 is 0 Å². The van der Waals surface area contributed by atoms with Crippen LogP contribution in [0.1, 0.15) is 33.9 Å². The summed E-state index contributed by atoms with van der Waals surface area (Å²) in [6, 6.07) is 10.7. The lowest BCUT2D eigenvalue weighted by Gasteiger charge is -2.17. The third-order valence-corrected chi connectivity index (χ3v) is 3.25. The van der Waals surface area contributed by atoms with Gasteiger partial charge in [-0.1, -0.05) is 41.5 Å². The van der Waals surface area contributed by atoms with Crippen LogP contribution in [0.4, 0.5) is 4.39 Å². The molecule has 2 heteroatoms. The van der Waals surface area contributed by atoms with E-state index in [4.69, 9.17) is 5.73 Å². The number of hydrogen-bond donors (Lipinski definition) is 1. The number of hydrogen-bond acceptors (Lipinski definition) is 1. The summed E-state index contributed by atoms with van der Waals surface area (Å²) in [4.78, 5) is 0. The minimum Gasteiger partial charge on any atom is -0.320 e. The molecule has 0 aliphatic heterocycles. The summed E-state index contributed by atoms with van der Waals surface area (Å²) >= 11 is 0. The van der Waals surface area contributed by atoms with Crippen molar-refractivity contribution in [3.05, 3.63) is 70.0 Å². The zero-order valence-electron chi connectivity index (χ0n) is 11.0. The van der Waals surface area contributed by atoms with E-state index < -0.39 is 6.04 Å². The fourth-order valence-electron chi connectivity index (χ4n) is 2.24. The van der Waals surface area contributed by atoms with E-state index in [1.54, 1.807) is 6.07 Å². The first-order valence-corrected chi connectivity index (χ1v) is 6.08. The zero-order chi connectivity index (χ0) is 13.3. The van der Waals surface area contributed by atoms with Crippen LogP contribution in [0.15, 0.2) is 36.4 Å². The lowest BCUT2D eigenvalue weighted by atomic mass is 9.93. The number of rotatable bonds is 2. The highest BCUT2D eigenvalue weighted by Gasteiger charge is 2.15. The standard InChI is InChI=1S/C16H18FN/c1-10-4-6-13(12(3)8-10)16(18)14-9-11(2)5-7-15(14)17/h4-9,16H,18H2,1-3H3. The third-order valence-electron chi connectivity index (χ3n) is 3.25. The number of halogens is 1. The molecule has 0 spiro atoms. The van der Waals surface area contributed by atoms with Crippen LogP contribution >= 0.6 is 0 Å². The van der Waals surface area contributed by atoms with Crippen LogP contribution in [-0.4, -0.2) is 0 Å². The SMILES string of the molecule is Cc1ccc(C(N)c2cc(C)ccc2F)c(C)c1. The second kappa shape index (κ2) is 4.91. The monoisotopic (exact) mass is 243 g/mol. The first-order valence-electron chi connectivity index (χ1n) is 6.08. The van der Waals surface area contributed by atoms with Gasteiger partial charge in [0.1, 0.15) is 5.82 Å². The molecule has 0 saturated heterocycles. The molecule has 0 amide bonds. The number of aryl methyl sites for hydroxylation is 3. The minimum atomic E-state index is -0.412. The fourth-order valence-corrected chi connectivity index (χ4v) is 2.24. The molecule has 2 N–H and O–H groups in total. The van der Waals surface area contributed by atoms with Crippen LogP contribution in [0, 0.1) is 26.6 Å². The van der Waals surface area contributed by atoms with E-state index in [0.717, 1.165) is 16.7 Å². The largest absolute Gasteiger partial charge is 0.320 e. The molecule has 0 aromatic heterocycles. The van der Waals surface area contributed by atoms with E-state index in [-0.39, 0.29) is 5.82 Å². The Morgan fingerprint density at radius 3 is 2.17 bits per heavy atom. The Bertz CT molecular complexity index is 575. The predicted octanol–water partition coefficient (Wildman–Crippen LogP) is 3.80. The summed E-state index contributed by atoms with van der Waals surface area (Å²) < 4.78 is 13.8. The summed E-state index contributed by atoms with van der Waals surface area (Å²) in [6.45, 7) is 5.99. The molecule has 0 bridgehead atoms. The van der Waals surface area contributed by atoms with Crippen LogP contribution in [0.3, 0.4) is 0 Å². The molecule has 18 heavy (non-hydrogen) atoms. The van der Waals surface area contributed by atoms with Crippen molar-refractivity contribution in [3.8, 4) is 0 Å². The van der Waals surface area contributed by atoms with Crippen LogP contribution in [0.25, 0.3) is 0 Å². The van der Waals surface area contributed by atoms with Crippen LogP contribution in [-0.2, 0) is 0 Å². The molecule has 1 unspecified atom stereocenters. The smallest absolute Gasteiger partial charge is 0.128 e. The van der Waals surface area contributed by atoms with Crippen molar-refractivity contribution < 1.29 is 4.39 Å². The van der Waals surface area contributed by atoms with E-state index in [0.29, 0.717) is 5.56 Å².